The number of carbonyl (C=O) groups excluding carboxylic acids is 1. The number of ketones is 1. The van der Waals surface area contributed by atoms with E-state index in [4.69, 9.17) is 0 Å². The predicted molar refractivity (Wildman–Crippen MR) is 88.2 cm³/mol. The monoisotopic (exact) mass is 288 g/mol. The van der Waals surface area contributed by atoms with Crippen LogP contribution in [0.5, 0.6) is 0 Å². The van der Waals surface area contributed by atoms with Gasteiger partial charge >= 0.3 is 0 Å². The molecule has 1 saturated heterocycles. The Morgan fingerprint density at radius 2 is 1.71 bits per heavy atom. The topological polar surface area (TPSA) is 23.6 Å². The van der Waals surface area contributed by atoms with E-state index in [1.54, 1.807) is 0 Å². The normalized spacial score (nSPS) is 15.9. The zero-order valence-electron chi connectivity index (χ0n) is 13.9. The fraction of sp³-hybridized carbons (Fsp3) is 0.611. The maximum Gasteiger partial charge on any atom is 0.177 e. The van der Waals surface area contributed by atoms with Gasteiger partial charge in [0.15, 0.2) is 5.78 Å². The summed E-state index contributed by atoms with van der Waals surface area (Å²) in [6.07, 6.45) is 2.65. The second-order valence-corrected chi connectivity index (χ2v) is 6.48. The van der Waals surface area contributed by atoms with Crippen LogP contribution in [0, 0.1) is 20.8 Å². The van der Waals surface area contributed by atoms with E-state index in [2.05, 4.69) is 28.9 Å². The molecule has 0 bridgehead atoms. The molecule has 2 rings (SSSR count). The number of benzene rings is 1. The van der Waals surface area contributed by atoms with Crippen LogP contribution in [0.3, 0.4) is 0 Å². The number of Topliss-reactive ketones (excluding diaryl/α,β-unsaturated/α-hetero) is 1. The molecule has 1 aromatic rings. The van der Waals surface area contributed by atoms with Crippen LogP contribution in [-0.2, 0) is 0 Å². The third-order valence-electron chi connectivity index (χ3n) is 4.37. The largest absolute Gasteiger partial charge is 0.302 e. The molecule has 21 heavy (non-hydrogen) atoms. The zero-order chi connectivity index (χ0) is 15.4. The van der Waals surface area contributed by atoms with Gasteiger partial charge in [0.1, 0.15) is 0 Å². The first-order valence-electron chi connectivity index (χ1n) is 7.99. The van der Waals surface area contributed by atoms with E-state index in [0.717, 1.165) is 29.8 Å². The molecule has 0 N–H and O–H groups in total. The lowest BCUT2D eigenvalue weighted by Gasteiger charge is -2.21. The summed E-state index contributed by atoms with van der Waals surface area (Å²) in [4.78, 5) is 17.2. The van der Waals surface area contributed by atoms with Crippen LogP contribution in [0.2, 0.25) is 0 Å². The van der Waals surface area contributed by atoms with E-state index < -0.39 is 0 Å². The molecule has 0 unspecified atom stereocenters. The highest BCUT2D eigenvalue weighted by molar-refractivity contribution is 6.00. The van der Waals surface area contributed by atoms with Crippen LogP contribution >= 0.6 is 0 Å². The van der Waals surface area contributed by atoms with E-state index in [1.165, 1.54) is 31.5 Å². The summed E-state index contributed by atoms with van der Waals surface area (Å²) in [5, 5.41) is 0. The highest BCUT2D eigenvalue weighted by Crippen LogP contribution is 2.17. The van der Waals surface area contributed by atoms with Crippen LogP contribution in [0.25, 0.3) is 0 Å². The van der Waals surface area contributed by atoms with Crippen molar-refractivity contribution in [3.05, 3.63) is 34.4 Å². The summed E-state index contributed by atoms with van der Waals surface area (Å²) in [7, 11) is 2.05. The molecule has 0 atom stereocenters. The van der Waals surface area contributed by atoms with Gasteiger partial charge in [0.2, 0.25) is 0 Å². The average Bonchev–Trinajstić information content (AvgIpc) is 2.88. The Bertz CT molecular complexity index is 481. The Kier molecular flexibility index (Phi) is 5.54. The van der Waals surface area contributed by atoms with Crippen LogP contribution in [-0.4, -0.2) is 55.4 Å². The number of aryl methyl sites for hydroxylation is 3. The third-order valence-corrected chi connectivity index (χ3v) is 4.37. The first kappa shape index (κ1) is 16.2. The van der Waals surface area contributed by atoms with Crippen molar-refractivity contribution in [3.63, 3.8) is 0 Å². The molecule has 0 aliphatic carbocycles. The Morgan fingerprint density at radius 1 is 1.14 bits per heavy atom. The number of hydrogen-bond donors (Lipinski definition) is 0. The number of carbonyl (C=O) groups is 1. The summed E-state index contributed by atoms with van der Waals surface area (Å²) >= 11 is 0. The second kappa shape index (κ2) is 7.19. The summed E-state index contributed by atoms with van der Waals surface area (Å²) in [5.41, 5.74) is 4.34. The van der Waals surface area contributed by atoms with Crippen molar-refractivity contribution in [2.24, 2.45) is 0 Å². The fourth-order valence-corrected chi connectivity index (χ4v) is 3.34. The van der Waals surface area contributed by atoms with Gasteiger partial charge in [-0.3, -0.25) is 9.69 Å². The number of nitrogens with zero attached hydrogens (tertiary/aromatic N) is 2. The number of likely N-dealkylation sites (tertiary alicyclic amines) is 1. The molecule has 3 heteroatoms. The van der Waals surface area contributed by atoms with Gasteiger partial charge in [0.05, 0.1) is 6.54 Å². The van der Waals surface area contributed by atoms with Gasteiger partial charge in [-0.1, -0.05) is 17.7 Å². The van der Waals surface area contributed by atoms with E-state index >= 15 is 0 Å². The minimum Gasteiger partial charge on any atom is -0.302 e. The van der Waals surface area contributed by atoms with E-state index in [-0.39, 0.29) is 5.78 Å². The Morgan fingerprint density at radius 3 is 2.29 bits per heavy atom. The van der Waals surface area contributed by atoms with Crippen molar-refractivity contribution in [2.75, 3.05) is 39.8 Å². The van der Waals surface area contributed by atoms with E-state index in [1.807, 2.05) is 20.9 Å². The van der Waals surface area contributed by atoms with Crippen molar-refractivity contribution in [3.8, 4) is 0 Å². The summed E-state index contributed by atoms with van der Waals surface area (Å²) in [6, 6.07) is 4.20. The predicted octanol–water partition coefficient (Wildman–Crippen LogP) is 2.82. The van der Waals surface area contributed by atoms with Crippen molar-refractivity contribution in [1.82, 2.24) is 9.80 Å². The molecule has 1 aliphatic heterocycles. The number of hydrogen-bond acceptors (Lipinski definition) is 3. The van der Waals surface area contributed by atoms with Gasteiger partial charge in [0.25, 0.3) is 0 Å². The molecular weight excluding hydrogens is 260 g/mol. The molecule has 116 valence electrons. The lowest BCUT2D eigenvalue weighted by molar-refractivity contribution is 0.0940. The van der Waals surface area contributed by atoms with Gasteiger partial charge in [-0.05, 0) is 64.9 Å². The molecule has 0 spiro atoms. The quantitative estimate of drug-likeness (QED) is 0.752. The molecule has 1 fully saturated rings. The smallest absolute Gasteiger partial charge is 0.177 e. The van der Waals surface area contributed by atoms with Crippen LogP contribution in [0.1, 0.15) is 39.9 Å². The second-order valence-electron chi connectivity index (χ2n) is 6.48. The molecule has 0 radical (unpaired) electrons. The van der Waals surface area contributed by atoms with Crippen molar-refractivity contribution >= 4 is 5.78 Å². The van der Waals surface area contributed by atoms with Gasteiger partial charge in [-0.25, -0.2) is 0 Å². The minimum absolute atomic E-state index is 0.244. The number of rotatable bonds is 6. The molecular formula is C18H28N2O. The molecule has 0 saturated carbocycles. The minimum atomic E-state index is 0.244. The zero-order valence-corrected chi connectivity index (χ0v) is 13.9. The standard InChI is InChI=1S/C18H28N2O/c1-14-11-15(2)18(16(3)12-14)17(21)13-19(4)9-10-20-7-5-6-8-20/h11-12H,5-10,13H2,1-4H3. The van der Waals surface area contributed by atoms with Crippen LogP contribution < -0.4 is 0 Å². The Hall–Kier alpha value is -1.19. The van der Waals surface area contributed by atoms with Gasteiger partial charge < -0.3 is 4.90 Å². The average molecular weight is 288 g/mol. The number of likely N-dealkylation sites (N-methyl/N-ethyl adjacent to an activating group) is 1. The van der Waals surface area contributed by atoms with Crippen molar-refractivity contribution < 1.29 is 4.79 Å². The molecule has 1 heterocycles. The Balaban J connectivity index is 1.91. The first-order valence-corrected chi connectivity index (χ1v) is 7.99. The molecule has 1 aliphatic rings. The van der Waals surface area contributed by atoms with Gasteiger partial charge in [-0.2, -0.15) is 0 Å². The maximum absolute atomic E-state index is 12.5. The lowest BCUT2D eigenvalue weighted by Crippen LogP contribution is -2.34. The third kappa shape index (κ3) is 4.39. The molecule has 0 amide bonds. The van der Waals surface area contributed by atoms with E-state index in [9.17, 15) is 4.79 Å². The molecule has 3 nitrogen and oxygen atoms in total. The van der Waals surface area contributed by atoms with Crippen LogP contribution in [0.15, 0.2) is 12.1 Å². The van der Waals surface area contributed by atoms with Crippen LogP contribution in [0.4, 0.5) is 0 Å². The Labute approximate surface area is 128 Å². The first-order chi connectivity index (χ1) is 9.97. The fourth-order valence-electron chi connectivity index (χ4n) is 3.34. The lowest BCUT2D eigenvalue weighted by atomic mass is 9.96. The highest BCUT2D eigenvalue weighted by Gasteiger charge is 2.16. The van der Waals surface area contributed by atoms with Gasteiger partial charge in [0, 0.05) is 18.7 Å². The van der Waals surface area contributed by atoms with Gasteiger partial charge in [-0.15, -0.1) is 0 Å². The summed E-state index contributed by atoms with van der Waals surface area (Å²) in [6.45, 7) is 11.2. The maximum atomic E-state index is 12.5. The SMILES string of the molecule is Cc1cc(C)c(C(=O)CN(C)CCN2CCCC2)c(C)c1. The van der Waals surface area contributed by atoms with Crippen molar-refractivity contribution in [1.29, 1.82) is 0 Å². The highest BCUT2D eigenvalue weighted by atomic mass is 16.1. The molecule has 0 aromatic heterocycles. The van der Waals surface area contributed by atoms with Crippen molar-refractivity contribution in [2.45, 2.75) is 33.6 Å². The molecule has 1 aromatic carbocycles. The summed E-state index contributed by atoms with van der Waals surface area (Å²) in [5.74, 6) is 0.244. The summed E-state index contributed by atoms with van der Waals surface area (Å²) < 4.78 is 0. The van der Waals surface area contributed by atoms with E-state index in [0.29, 0.717) is 6.54 Å².